The summed E-state index contributed by atoms with van der Waals surface area (Å²) in [6.07, 6.45) is 0. The van der Waals surface area contributed by atoms with E-state index in [1.807, 2.05) is 0 Å². The number of non-ortho nitro benzene ring substituents is 1. The molecule has 2 N–H and O–H groups in total. The number of ether oxygens (including phenoxy) is 1. The molecule has 0 radical (unpaired) electrons. The maximum atomic E-state index is 12.0. The van der Waals surface area contributed by atoms with Crippen LogP contribution < -0.4 is 15.4 Å². The number of nitro benzene ring substituents is 1. The van der Waals surface area contributed by atoms with E-state index in [1.165, 1.54) is 25.3 Å². The van der Waals surface area contributed by atoms with Gasteiger partial charge in [0.1, 0.15) is 5.75 Å². The van der Waals surface area contributed by atoms with E-state index in [-0.39, 0.29) is 17.1 Å². The van der Waals surface area contributed by atoms with Gasteiger partial charge in [-0.1, -0.05) is 17.7 Å². The number of carbonyl (C=O) groups is 2. The maximum Gasteiger partial charge on any atom is 0.314 e. The number of hydrogen-bond acceptors (Lipinski definition) is 5. The summed E-state index contributed by atoms with van der Waals surface area (Å²) in [6, 6.07) is 8.46. The third-order valence-corrected chi connectivity index (χ3v) is 3.69. The number of carbonyl (C=O) groups excluding carboxylic acids is 2. The van der Waals surface area contributed by atoms with Crippen molar-refractivity contribution in [2.45, 2.75) is 6.92 Å². The number of halogens is 1. The highest BCUT2D eigenvalue weighted by atomic mass is 35.5. The fraction of sp³-hybridized carbons (Fsp3) is 0.125. The van der Waals surface area contributed by atoms with Crippen LogP contribution in [-0.4, -0.2) is 23.8 Å². The molecule has 2 aromatic carbocycles. The number of methoxy groups -OCH3 is 1. The van der Waals surface area contributed by atoms with Gasteiger partial charge in [0, 0.05) is 22.8 Å². The molecule has 130 valence electrons. The summed E-state index contributed by atoms with van der Waals surface area (Å²) in [6.45, 7) is 1.80. The number of amides is 2. The van der Waals surface area contributed by atoms with Crippen molar-refractivity contribution in [3.8, 4) is 5.75 Å². The van der Waals surface area contributed by atoms with Crippen molar-refractivity contribution >= 4 is 40.5 Å². The molecule has 8 nitrogen and oxygen atoms in total. The van der Waals surface area contributed by atoms with Gasteiger partial charge < -0.3 is 15.4 Å². The first kappa shape index (κ1) is 18.2. The average Bonchev–Trinajstić information content (AvgIpc) is 2.57. The van der Waals surface area contributed by atoms with E-state index >= 15 is 0 Å². The maximum absolute atomic E-state index is 12.0. The summed E-state index contributed by atoms with van der Waals surface area (Å²) in [7, 11) is 1.34. The Kier molecular flexibility index (Phi) is 5.56. The van der Waals surface area contributed by atoms with E-state index in [2.05, 4.69) is 10.6 Å². The molecule has 0 aliphatic rings. The van der Waals surface area contributed by atoms with Crippen molar-refractivity contribution in [1.82, 2.24) is 0 Å². The second-order valence-corrected chi connectivity index (χ2v) is 5.42. The number of rotatable bonds is 4. The average molecular weight is 364 g/mol. The third-order valence-electron chi connectivity index (χ3n) is 3.28. The number of anilines is 2. The van der Waals surface area contributed by atoms with E-state index in [0.29, 0.717) is 10.7 Å². The largest absolute Gasteiger partial charge is 0.495 e. The molecular weight excluding hydrogens is 350 g/mol. The topological polar surface area (TPSA) is 111 Å². The zero-order valence-electron chi connectivity index (χ0n) is 13.3. The molecule has 0 saturated carbocycles. The molecule has 0 fully saturated rings. The summed E-state index contributed by atoms with van der Waals surface area (Å²) in [5, 5.41) is 16.0. The van der Waals surface area contributed by atoms with Gasteiger partial charge in [-0.15, -0.1) is 0 Å². The van der Waals surface area contributed by atoms with Gasteiger partial charge in [-0.2, -0.15) is 0 Å². The minimum Gasteiger partial charge on any atom is -0.495 e. The van der Waals surface area contributed by atoms with Crippen molar-refractivity contribution in [3.63, 3.8) is 0 Å². The van der Waals surface area contributed by atoms with Crippen molar-refractivity contribution in [2.75, 3.05) is 17.7 Å². The first-order valence-corrected chi connectivity index (χ1v) is 7.40. The van der Waals surface area contributed by atoms with Crippen LogP contribution in [0.2, 0.25) is 5.02 Å². The number of hydrogen-bond donors (Lipinski definition) is 2. The molecule has 25 heavy (non-hydrogen) atoms. The fourth-order valence-electron chi connectivity index (χ4n) is 1.94. The zero-order valence-corrected chi connectivity index (χ0v) is 14.1. The molecule has 0 aliphatic carbocycles. The normalized spacial score (nSPS) is 10.0. The fourth-order valence-corrected chi connectivity index (χ4v) is 2.13. The molecule has 0 aliphatic heterocycles. The van der Waals surface area contributed by atoms with Crippen molar-refractivity contribution in [1.29, 1.82) is 0 Å². The first-order valence-electron chi connectivity index (χ1n) is 7.02. The van der Waals surface area contributed by atoms with Crippen LogP contribution >= 0.6 is 11.6 Å². The van der Waals surface area contributed by atoms with Crippen LogP contribution in [0.3, 0.4) is 0 Å². The molecule has 0 bridgehead atoms. The molecule has 2 amide bonds. The van der Waals surface area contributed by atoms with E-state index in [4.69, 9.17) is 16.3 Å². The molecule has 2 rings (SSSR count). The van der Waals surface area contributed by atoms with E-state index in [9.17, 15) is 19.7 Å². The lowest BCUT2D eigenvalue weighted by atomic mass is 10.2. The Morgan fingerprint density at radius 3 is 2.40 bits per heavy atom. The number of nitro groups is 1. The Morgan fingerprint density at radius 2 is 1.80 bits per heavy atom. The Morgan fingerprint density at radius 1 is 1.12 bits per heavy atom. The van der Waals surface area contributed by atoms with Gasteiger partial charge in [0.05, 0.1) is 17.7 Å². The summed E-state index contributed by atoms with van der Waals surface area (Å²) in [5.74, 6) is -1.77. The van der Waals surface area contributed by atoms with Crippen LogP contribution in [0.1, 0.15) is 5.56 Å². The van der Waals surface area contributed by atoms with Crippen LogP contribution in [0.5, 0.6) is 5.75 Å². The summed E-state index contributed by atoms with van der Waals surface area (Å²) < 4.78 is 5.02. The van der Waals surface area contributed by atoms with Crippen LogP contribution in [0.4, 0.5) is 17.1 Å². The third kappa shape index (κ3) is 4.45. The summed E-state index contributed by atoms with van der Waals surface area (Å²) in [4.78, 5) is 34.2. The summed E-state index contributed by atoms with van der Waals surface area (Å²) >= 11 is 5.96. The SMILES string of the molecule is COc1ccc([N+](=O)[O-])cc1NC(=O)C(=O)Nc1ccc(C)c(Cl)c1. The zero-order chi connectivity index (χ0) is 18.6. The second kappa shape index (κ2) is 7.63. The molecular formula is C16H14ClN3O5. The minimum atomic E-state index is -1.00. The van der Waals surface area contributed by atoms with E-state index in [1.54, 1.807) is 19.1 Å². The Labute approximate surface area is 147 Å². The predicted molar refractivity (Wildman–Crippen MR) is 93.1 cm³/mol. The Balaban J connectivity index is 2.15. The predicted octanol–water partition coefficient (Wildman–Crippen LogP) is 3.14. The molecule has 0 spiro atoms. The van der Waals surface area contributed by atoms with Gasteiger partial charge in [0.25, 0.3) is 5.69 Å². The quantitative estimate of drug-likeness (QED) is 0.492. The summed E-state index contributed by atoms with van der Waals surface area (Å²) in [5.41, 5.74) is 0.938. The minimum absolute atomic E-state index is 0.0128. The molecule has 0 heterocycles. The first-order chi connectivity index (χ1) is 11.8. The van der Waals surface area contributed by atoms with Crippen molar-refractivity contribution < 1.29 is 19.2 Å². The smallest absolute Gasteiger partial charge is 0.314 e. The lowest BCUT2D eigenvalue weighted by molar-refractivity contribution is -0.384. The standard InChI is InChI=1S/C16H14ClN3O5/c1-9-3-4-10(7-12(9)17)18-15(21)16(22)19-13-8-11(20(23)24)5-6-14(13)25-2/h3-8H,1-2H3,(H,18,21)(H,19,22). The lowest BCUT2D eigenvalue weighted by Gasteiger charge is -2.10. The molecule has 0 aromatic heterocycles. The molecule has 0 unspecified atom stereocenters. The number of aryl methyl sites for hydroxylation is 1. The highest BCUT2D eigenvalue weighted by molar-refractivity contribution is 6.44. The highest BCUT2D eigenvalue weighted by Gasteiger charge is 2.18. The Bertz CT molecular complexity index is 854. The molecule has 0 saturated heterocycles. The van der Waals surface area contributed by atoms with Gasteiger partial charge >= 0.3 is 11.8 Å². The van der Waals surface area contributed by atoms with Crippen molar-refractivity contribution in [2.24, 2.45) is 0 Å². The molecule has 2 aromatic rings. The second-order valence-electron chi connectivity index (χ2n) is 5.01. The van der Waals surface area contributed by atoms with Gasteiger partial charge in [-0.25, -0.2) is 0 Å². The molecule has 9 heteroatoms. The lowest BCUT2D eigenvalue weighted by Crippen LogP contribution is -2.29. The van der Waals surface area contributed by atoms with E-state index in [0.717, 1.165) is 11.6 Å². The van der Waals surface area contributed by atoms with Gasteiger partial charge in [0.2, 0.25) is 0 Å². The van der Waals surface area contributed by atoms with Gasteiger partial charge in [-0.3, -0.25) is 19.7 Å². The van der Waals surface area contributed by atoms with Crippen LogP contribution in [-0.2, 0) is 9.59 Å². The van der Waals surface area contributed by atoms with Crippen LogP contribution in [0.15, 0.2) is 36.4 Å². The van der Waals surface area contributed by atoms with E-state index < -0.39 is 16.7 Å². The van der Waals surface area contributed by atoms with Gasteiger partial charge in [-0.05, 0) is 30.7 Å². The van der Waals surface area contributed by atoms with Gasteiger partial charge in [0.15, 0.2) is 0 Å². The van der Waals surface area contributed by atoms with Crippen molar-refractivity contribution in [3.05, 3.63) is 57.1 Å². The molecule has 0 atom stereocenters. The number of nitrogens with one attached hydrogen (secondary N) is 2. The van der Waals surface area contributed by atoms with Crippen LogP contribution in [0.25, 0.3) is 0 Å². The monoisotopic (exact) mass is 363 g/mol. The van der Waals surface area contributed by atoms with Crippen LogP contribution in [0, 0.1) is 17.0 Å². The number of nitrogens with zero attached hydrogens (tertiary/aromatic N) is 1. The number of benzene rings is 2. The Hall–Kier alpha value is -3.13. The highest BCUT2D eigenvalue weighted by Crippen LogP contribution is 2.29.